The second kappa shape index (κ2) is 7.09. The van der Waals surface area contributed by atoms with Crippen molar-refractivity contribution < 1.29 is 0 Å². The molecule has 0 bridgehead atoms. The Balaban J connectivity index is 1.62. The van der Waals surface area contributed by atoms with Crippen molar-refractivity contribution in [3.63, 3.8) is 0 Å². The summed E-state index contributed by atoms with van der Waals surface area (Å²) < 4.78 is 5.26. The fraction of sp³-hybridized carbons (Fsp3) is 0.0909. The Morgan fingerprint density at radius 3 is 2.23 bits per heavy atom. The van der Waals surface area contributed by atoms with E-state index in [-0.39, 0.29) is 5.56 Å². The predicted molar refractivity (Wildman–Crippen MR) is 114 cm³/mol. The summed E-state index contributed by atoms with van der Waals surface area (Å²) in [7, 11) is 0. The van der Waals surface area contributed by atoms with Crippen molar-refractivity contribution in [1.29, 1.82) is 0 Å². The van der Waals surface area contributed by atoms with Gasteiger partial charge in [-0.3, -0.25) is 13.9 Å². The molecule has 30 heavy (non-hydrogen) atoms. The topological polar surface area (TPSA) is 96.6 Å². The van der Waals surface area contributed by atoms with Crippen molar-refractivity contribution >= 4 is 11.2 Å². The van der Waals surface area contributed by atoms with E-state index in [1.165, 1.54) is 10.9 Å². The molecule has 0 aliphatic carbocycles. The van der Waals surface area contributed by atoms with E-state index in [9.17, 15) is 4.79 Å². The highest BCUT2D eigenvalue weighted by Gasteiger charge is 2.13. The first-order valence-corrected chi connectivity index (χ1v) is 9.50. The minimum absolute atomic E-state index is 0.192. The van der Waals surface area contributed by atoms with Crippen LogP contribution in [0.1, 0.15) is 11.4 Å². The van der Waals surface area contributed by atoms with Crippen LogP contribution in [0, 0.1) is 6.92 Å². The van der Waals surface area contributed by atoms with Crippen LogP contribution in [0.25, 0.3) is 28.2 Å². The van der Waals surface area contributed by atoms with Crippen molar-refractivity contribution in [2.24, 2.45) is 5.73 Å². The minimum atomic E-state index is -0.192. The number of aryl methyl sites for hydroxylation is 1. The standard InChI is InChI=1S/C22H19N7O/c1-15-24-9-10-27(15)17-5-7-18(8-6-17)29-14-26-21-20(22(29)30)28(13-25-21)19-4-2-3-16(11-19)12-23/h2-11,13-14H,12,23H2,1H3. The van der Waals surface area contributed by atoms with E-state index in [1.807, 2.05) is 66.2 Å². The van der Waals surface area contributed by atoms with Crippen LogP contribution in [-0.2, 0) is 6.54 Å². The average molecular weight is 397 g/mol. The molecule has 0 saturated carbocycles. The summed E-state index contributed by atoms with van der Waals surface area (Å²) >= 11 is 0. The fourth-order valence-corrected chi connectivity index (χ4v) is 3.55. The molecule has 0 amide bonds. The smallest absolute Gasteiger partial charge is 0.284 e. The maximum Gasteiger partial charge on any atom is 0.284 e. The molecule has 0 aliphatic rings. The molecule has 0 saturated heterocycles. The summed E-state index contributed by atoms with van der Waals surface area (Å²) in [5, 5.41) is 0. The summed E-state index contributed by atoms with van der Waals surface area (Å²) in [5.41, 5.74) is 9.88. The van der Waals surface area contributed by atoms with Crippen LogP contribution in [0.4, 0.5) is 0 Å². The van der Waals surface area contributed by atoms with Crippen LogP contribution in [-0.4, -0.2) is 28.7 Å². The molecule has 0 spiro atoms. The molecular formula is C22H19N7O. The second-order valence-electron chi connectivity index (χ2n) is 6.94. The van der Waals surface area contributed by atoms with E-state index in [0.29, 0.717) is 17.7 Å². The van der Waals surface area contributed by atoms with Gasteiger partial charge >= 0.3 is 0 Å². The Hall–Kier alpha value is -4.04. The largest absolute Gasteiger partial charge is 0.326 e. The Morgan fingerprint density at radius 1 is 0.867 bits per heavy atom. The number of benzene rings is 2. The highest BCUT2D eigenvalue weighted by Crippen LogP contribution is 2.17. The van der Waals surface area contributed by atoms with Gasteiger partial charge < -0.3 is 10.3 Å². The number of nitrogens with zero attached hydrogens (tertiary/aromatic N) is 6. The van der Waals surface area contributed by atoms with Crippen molar-refractivity contribution in [1.82, 2.24) is 28.7 Å². The highest BCUT2D eigenvalue weighted by molar-refractivity contribution is 5.72. The maximum atomic E-state index is 13.3. The SMILES string of the molecule is Cc1nccn1-c1ccc(-n2cnc3ncn(-c4cccc(CN)c4)c3c2=O)cc1. The van der Waals surface area contributed by atoms with Gasteiger partial charge in [0.15, 0.2) is 11.2 Å². The van der Waals surface area contributed by atoms with Gasteiger partial charge in [0.05, 0.1) is 5.69 Å². The predicted octanol–water partition coefficient (Wildman–Crippen LogP) is 2.52. The summed E-state index contributed by atoms with van der Waals surface area (Å²) in [6, 6.07) is 15.4. The molecule has 8 nitrogen and oxygen atoms in total. The van der Waals surface area contributed by atoms with Gasteiger partial charge in [-0.1, -0.05) is 12.1 Å². The molecular weight excluding hydrogens is 378 g/mol. The Labute approximate surface area is 171 Å². The molecule has 3 aromatic heterocycles. The summed E-state index contributed by atoms with van der Waals surface area (Å²) in [4.78, 5) is 26.3. The van der Waals surface area contributed by atoms with Gasteiger partial charge in [-0.15, -0.1) is 0 Å². The lowest BCUT2D eigenvalue weighted by Crippen LogP contribution is -2.20. The Kier molecular flexibility index (Phi) is 4.26. The van der Waals surface area contributed by atoms with E-state index in [0.717, 1.165) is 28.5 Å². The molecule has 0 unspecified atom stereocenters. The van der Waals surface area contributed by atoms with Crippen LogP contribution in [0.5, 0.6) is 0 Å². The van der Waals surface area contributed by atoms with Gasteiger partial charge in [-0.2, -0.15) is 0 Å². The summed E-state index contributed by atoms with van der Waals surface area (Å²) in [5.74, 6) is 0.895. The lowest BCUT2D eigenvalue weighted by molar-refractivity contribution is 0.938. The molecule has 148 valence electrons. The van der Waals surface area contributed by atoms with E-state index in [4.69, 9.17) is 5.73 Å². The third-order valence-electron chi connectivity index (χ3n) is 5.12. The third kappa shape index (κ3) is 2.90. The molecule has 0 aliphatic heterocycles. The molecule has 8 heteroatoms. The summed E-state index contributed by atoms with van der Waals surface area (Å²) in [6.45, 7) is 2.36. The number of rotatable bonds is 4. The first-order valence-electron chi connectivity index (χ1n) is 9.50. The first-order chi connectivity index (χ1) is 14.7. The van der Waals surface area contributed by atoms with E-state index in [1.54, 1.807) is 17.1 Å². The number of fused-ring (bicyclic) bond motifs is 1. The van der Waals surface area contributed by atoms with E-state index in [2.05, 4.69) is 15.0 Å². The van der Waals surface area contributed by atoms with Crippen molar-refractivity contribution in [2.45, 2.75) is 13.5 Å². The molecule has 2 N–H and O–H groups in total. The second-order valence-corrected chi connectivity index (χ2v) is 6.94. The van der Waals surface area contributed by atoms with Gasteiger partial charge in [0.25, 0.3) is 5.56 Å². The number of nitrogens with two attached hydrogens (primary N) is 1. The minimum Gasteiger partial charge on any atom is -0.326 e. The zero-order valence-electron chi connectivity index (χ0n) is 16.3. The summed E-state index contributed by atoms with van der Waals surface area (Å²) in [6.07, 6.45) is 6.78. The van der Waals surface area contributed by atoms with Crippen LogP contribution in [0.3, 0.4) is 0 Å². The van der Waals surface area contributed by atoms with Crippen LogP contribution in [0.15, 0.2) is 78.4 Å². The van der Waals surface area contributed by atoms with Crippen LogP contribution < -0.4 is 11.3 Å². The monoisotopic (exact) mass is 397 g/mol. The number of aromatic nitrogens is 6. The van der Waals surface area contributed by atoms with Crippen molar-refractivity contribution in [3.05, 3.63) is 95.3 Å². The van der Waals surface area contributed by atoms with Gasteiger partial charge in [0, 0.05) is 30.3 Å². The highest BCUT2D eigenvalue weighted by atomic mass is 16.1. The number of hydrogen-bond donors (Lipinski definition) is 1. The van der Waals surface area contributed by atoms with Crippen molar-refractivity contribution in [3.8, 4) is 17.1 Å². The van der Waals surface area contributed by atoms with Crippen LogP contribution >= 0.6 is 0 Å². The lowest BCUT2D eigenvalue weighted by Gasteiger charge is -2.10. The van der Waals surface area contributed by atoms with Gasteiger partial charge in [-0.25, -0.2) is 15.0 Å². The fourth-order valence-electron chi connectivity index (χ4n) is 3.55. The zero-order valence-corrected chi connectivity index (χ0v) is 16.3. The zero-order chi connectivity index (χ0) is 20.7. The molecule has 5 aromatic rings. The van der Waals surface area contributed by atoms with Crippen LogP contribution in [0.2, 0.25) is 0 Å². The van der Waals surface area contributed by atoms with Crippen molar-refractivity contribution in [2.75, 3.05) is 0 Å². The van der Waals surface area contributed by atoms with Gasteiger partial charge in [0.1, 0.15) is 18.5 Å². The third-order valence-corrected chi connectivity index (χ3v) is 5.12. The normalized spacial score (nSPS) is 11.3. The lowest BCUT2D eigenvalue weighted by atomic mass is 10.2. The quantitative estimate of drug-likeness (QED) is 0.503. The Morgan fingerprint density at radius 2 is 1.57 bits per heavy atom. The molecule has 5 rings (SSSR count). The first kappa shape index (κ1) is 18.0. The average Bonchev–Trinajstić information content (AvgIpc) is 3.41. The molecule has 0 atom stereocenters. The van der Waals surface area contributed by atoms with Gasteiger partial charge in [0.2, 0.25) is 0 Å². The van der Waals surface area contributed by atoms with Gasteiger partial charge in [-0.05, 0) is 48.9 Å². The number of imidazole rings is 2. The molecule has 0 fully saturated rings. The van der Waals surface area contributed by atoms with E-state index < -0.39 is 0 Å². The molecule has 0 radical (unpaired) electrons. The molecule has 2 aromatic carbocycles. The number of hydrogen-bond acceptors (Lipinski definition) is 5. The Bertz CT molecular complexity index is 1410. The molecule has 3 heterocycles. The maximum absolute atomic E-state index is 13.3. The van der Waals surface area contributed by atoms with E-state index >= 15 is 0 Å².